The van der Waals surface area contributed by atoms with Gasteiger partial charge in [0.1, 0.15) is 6.04 Å². The third kappa shape index (κ3) is 2.97. The maximum absolute atomic E-state index is 12.2. The third-order valence-electron chi connectivity index (χ3n) is 3.60. The zero-order valence-electron chi connectivity index (χ0n) is 10.6. The summed E-state index contributed by atoms with van der Waals surface area (Å²) >= 11 is 0. The molecule has 0 saturated carbocycles. The lowest BCUT2D eigenvalue weighted by Gasteiger charge is -2.38. The number of carbonyl (C=O) groups is 2. The van der Waals surface area contributed by atoms with Crippen molar-refractivity contribution < 1.29 is 14.7 Å². The second kappa shape index (κ2) is 6.00. The number of amides is 1. The summed E-state index contributed by atoms with van der Waals surface area (Å²) in [6, 6.07) is -0.683. The van der Waals surface area contributed by atoms with Gasteiger partial charge in [0, 0.05) is 13.1 Å². The van der Waals surface area contributed by atoms with E-state index in [-0.39, 0.29) is 24.3 Å². The van der Waals surface area contributed by atoms with Crippen LogP contribution in [0.25, 0.3) is 0 Å². The van der Waals surface area contributed by atoms with E-state index in [2.05, 4.69) is 0 Å². The van der Waals surface area contributed by atoms with E-state index in [0.29, 0.717) is 13.0 Å². The highest BCUT2D eigenvalue weighted by Gasteiger charge is 2.38. The standard InChI is InChI=1S/C12H22N2O3/c1-3-9(7-13)11(15)14-6-4-5-8(2)10(14)12(16)17/h8-10H,3-7,13H2,1-2H3,(H,16,17). The van der Waals surface area contributed by atoms with Gasteiger partial charge in [0.2, 0.25) is 5.91 Å². The fraction of sp³-hybridized carbons (Fsp3) is 0.833. The number of carbonyl (C=O) groups excluding carboxylic acids is 1. The van der Waals surface area contributed by atoms with Crippen molar-refractivity contribution in [3.63, 3.8) is 0 Å². The van der Waals surface area contributed by atoms with Gasteiger partial charge in [-0.2, -0.15) is 0 Å². The number of aliphatic carboxylic acids is 1. The van der Waals surface area contributed by atoms with Gasteiger partial charge in [-0.05, 0) is 25.2 Å². The number of hydrogen-bond donors (Lipinski definition) is 2. The number of carboxylic acids is 1. The fourth-order valence-corrected chi connectivity index (χ4v) is 2.49. The van der Waals surface area contributed by atoms with Crippen LogP contribution in [0, 0.1) is 11.8 Å². The van der Waals surface area contributed by atoms with E-state index in [9.17, 15) is 14.7 Å². The van der Waals surface area contributed by atoms with E-state index in [4.69, 9.17) is 5.73 Å². The molecule has 0 aliphatic carbocycles. The summed E-state index contributed by atoms with van der Waals surface area (Å²) in [6.07, 6.45) is 2.39. The number of rotatable bonds is 4. The average Bonchev–Trinajstić information content (AvgIpc) is 2.29. The summed E-state index contributed by atoms with van der Waals surface area (Å²) in [6.45, 7) is 4.61. The van der Waals surface area contributed by atoms with Crippen molar-refractivity contribution >= 4 is 11.9 Å². The van der Waals surface area contributed by atoms with Crippen LogP contribution in [0.2, 0.25) is 0 Å². The molecule has 1 rings (SSSR count). The van der Waals surface area contributed by atoms with Crippen molar-refractivity contribution in [2.45, 2.75) is 39.2 Å². The number of likely N-dealkylation sites (tertiary alicyclic amines) is 1. The molecule has 1 fully saturated rings. The number of piperidine rings is 1. The molecule has 5 nitrogen and oxygen atoms in total. The lowest BCUT2D eigenvalue weighted by molar-refractivity contribution is -0.156. The lowest BCUT2D eigenvalue weighted by Crippen LogP contribution is -2.54. The van der Waals surface area contributed by atoms with E-state index < -0.39 is 12.0 Å². The van der Waals surface area contributed by atoms with Crippen LogP contribution in [0.1, 0.15) is 33.1 Å². The Morgan fingerprint density at radius 3 is 2.65 bits per heavy atom. The Morgan fingerprint density at radius 1 is 1.53 bits per heavy atom. The van der Waals surface area contributed by atoms with E-state index in [0.717, 1.165) is 12.8 Å². The van der Waals surface area contributed by atoms with Crippen molar-refractivity contribution in [3.8, 4) is 0 Å². The molecule has 1 amide bonds. The Hall–Kier alpha value is -1.10. The van der Waals surface area contributed by atoms with Crippen molar-refractivity contribution in [1.82, 2.24) is 4.90 Å². The molecule has 1 aliphatic heterocycles. The molecule has 3 atom stereocenters. The smallest absolute Gasteiger partial charge is 0.326 e. The molecular weight excluding hydrogens is 220 g/mol. The molecule has 0 radical (unpaired) electrons. The molecule has 0 aromatic heterocycles. The van der Waals surface area contributed by atoms with Crippen LogP contribution < -0.4 is 5.73 Å². The second-order valence-electron chi connectivity index (χ2n) is 4.78. The minimum Gasteiger partial charge on any atom is -0.480 e. The largest absolute Gasteiger partial charge is 0.480 e. The number of nitrogens with zero attached hydrogens (tertiary/aromatic N) is 1. The van der Waals surface area contributed by atoms with Gasteiger partial charge in [0.15, 0.2) is 0 Å². The van der Waals surface area contributed by atoms with Crippen LogP contribution in [0.4, 0.5) is 0 Å². The van der Waals surface area contributed by atoms with Gasteiger partial charge in [0.25, 0.3) is 0 Å². The highest BCUT2D eigenvalue weighted by Crippen LogP contribution is 2.25. The molecule has 1 aliphatic rings. The average molecular weight is 242 g/mol. The molecule has 0 aromatic rings. The Labute approximate surface area is 102 Å². The van der Waals surface area contributed by atoms with Crippen molar-refractivity contribution in [1.29, 1.82) is 0 Å². The molecule has 0 aromatic carbocycles. The third-order valence-corrected chi connectivity index (χ3v) is 3.60. The molecule has 0 spiro atoms. The quantitative estimate of drug-likeness (QED) is 0.759. The molecule has 1 saturated heterocycles. The molecule has 1 heterocycles. The van der Waals surface area contributed by atoms with Gasteiger partial charge < -0.3 is 15.7 Å². The highest BCUT2D eigenvalue weighted by molar-refractivity contribution is 5.85. The van der Waals surface area contributed by atoms with Crippen LogP contribution in [0.5, 0.6) is 0 Å². The van der Waals surface area contributed by atoms with Crippen LogP contribution in [-0.4, -0.2) is 41.0 Å². The Morgan fingerprint density at radius 2 is 2.18 bits per heavy atom. The van der Waals surface area contributed by atoms with Crippen molar-refractivity contribution in [2.75, 3.05) is 13.1 Å². The first kappa shape index (κ1) is 14.0. The van der Waals surface area contributed by atoms with E-state index >= 15 is 0 Å². The lowest BCUT2D eigenvalue weighted by atomic mass is 9.89. The number of hydrogen-bond acceptors (Lipinski definition) is 3. The first-order valence-corrected chi connectivity index (χ1v) is 6.26. The van der Waals surface area contributed by atoms with Crippen LogP contribution in [-0.2, 0) is 9.59 Å². The maximum Gasteiger partial charge on any atom is 0.326 e. The molecule has 17 heavy (non-hydrogen) atoms. The molecule has 0 bridgehead atoms. The topological polar surface area (TPSA) is 83.6 Å². The Kier molecular flexibility index (Phi) is 4.93. The predicted octanol–water partition coefficient (Wildman–Crippen LogP) is 0.683. The predicted molar refractivity (Wildman–Crippen MR) is 64.4 cm³/mol. The SMILES string of the molecule is CCC(CN)C(=O)N1CCCC(C)C1C(=O)O. The summed E-state index contributed by atoms with van der Waals surface area (Å²) in [5.74, 6) is -1.24. The van der Waals surface area contributed by atoms with Gasteiger partial charge in [-0.25, -0.2) is 4.79 Å². The minimum atomic E-state index is -0.905. The number of carboxylic acid groups (broad SMARTS) is 1. The van der Waals surface area contributed by atoms with Gasteiger partial charge in [-0.1, -0.05) is 13.8 Å². The zero-order chi connectivity index (χ0) is 13.0. The highest BCUT2D eigenvalue weighted by atomic mass is 16.4. The monoisotopic (exact) mass is 242 g/mol. The molecule has 5 heteroatoms. The summed E-state index contributed by atoms with van der Waals surface area (Å²) < 4.78 is 0. The van der Waals surface area contributed by atoms with Crippen LogP contribution in [0.15, 0.2) is 0 Å². The molecule has 98 valence electrons. The van der Waals surface area contributed by atoms with E-state index in [1.165, 1.54) is 4.90 Å². The maximum atomic E-state index is 12.2. The fourth-order valence-electron chi connectivity index (χ4n) is 2.49. The van der Waals surface area contributed by atoms with Gasteiger partial charge >= 0.3 is 5.97 Å². The van der Waals surface area contributed by atoms with Crippen LogP contribution >= 0.6 is 0 Å². The molecular formula is C12H22N2O3. The minimum absolute atomic E-state index is 0.0143. The first-order valence-electron chi connectivity index (χ1n) is 6.26. The molecule has 3 unspecified atom stereocenters. The van der Waals surface area contributed by atoms with E-state index in [1.807, 2.05) is 13.8 Å². The molecule has 3 N–H and O–H groups in total. The summed E-state index contributed by atoms with van der Waals surface area (Å²) in [7, 11) is 0. The van der Waals surface area contributed by atoms with Gasteiger partial charge in [-0.3, -0.25) is 4.79 Å². The Balaban J connectivity index is 2.85. The van der Waals surface area contributed by atoms with Crippen molar-refractivity contribution in [3.05, 3.63) is 0 Å². The first-order chi connectivity index (χ1) is 8.02. The second-order valence-corrected chi connectivity index (χ2v) is 4.78. The summed E-state index contributed by atoms with van der Waals surface area (Å²) in [5.41, 5.74) is 5.55. The van der Waals surface area contributed by atoms with E-state index in [1.54, 1.807) is 0 Å². The zero-order valence-corrected chi connectivity index (χ0v) is 10.6. The normalized spacial score (nSPS) is 26.6. The van der Waals surface area contributed by atoms with Gasteiger partial charge in [-0.15, -0.1) is 0 Å². The van der Waals surface area contributed by atoms with Crippen molar-refractivity contribution in [2.24, 2.45) is 17.6 Å². The van der Waals surface area contributed by atoms with Crippen LogP contribution in [0.3, 0.4) is 0 Å². The Bertz CT molecular complexity index is 289. The summed E-state index contributed by atoms with van der Waals surface area (Å²) in [4.78, 5) is 25.0. The summed E-state index contributed by atoms with van der Waals surface area (Å²) in [5, 5.41) is 9.23. The van der Waals surface area contributed by atoms with Gasteiger partial charge in [0.05, 0.1) is 5.92 Å². The number of nitrogens with two attached hydrogens (primary N) is 1.